The number of hydrogen-bond donors (Lipinski definition) is 1. The van der Waals surface area contributed by atoms with Crippen molar-refractivity contribution < 1.29 is 19.2 Å². The Bertz CT molecular complexity index is 1150. The SMILES string of the molecule is C[C@H](C(=O)Nc1ccc(Cl)cc1C(=O)c1ccccc1)N1C(=O)[C@@H]2[C@H](C1=O)[C@H]1C=C[C@H]2C1. The highest BCUT2D eigenvalue weighted by molar-refractivity contribution is 6.31. The summed E-state index contributed by atoms with van der Waals surface area (Å²) in [5, 5.41) is 3.09. The average Bonchev–Trinajstić information content (AvgIpc) is 3.48. The first-order valence-corrected chi connectivity index (χ1v) is 11.0. The molecule has 3 amide bonds. The minimum atomic E-state index is -0.990. The number of anilines is 1. The van der Waals surface area contributed by atoms with Crippen LogP contribution in [0, 0.1) is 23.7 Å². The minimum absolute atomic E-state index is 0.0769. The van der Waals surface area contributed by atoms with Gasteiger partial charge in [-0.15, -0.1) is 0 Å². The molecule has 1 N–H and O–H groups in total. The van der Waals surface area contributed by atoms with Gasteiger partial charge in [0, 0.05) is 16.1 Å². The zero-order valence-electron chi connectivity index (χ0n) is 17.3. The van der Waals surface area contributed by atoms with Crippen molar-refractivity contribution in [1.82, 2.24) is 4.90 Å². The number of carbonyl (C=O) groups is 4. The Morgan fingerprint density at radius 2 is 1.62 bits per heavy atom. The van der Waals surface area contributed by atoms with E-state index in [0.717, 1.165) is 11.3 Å². The first-order valence-electron chi connectivity index (χ1n) is 10.6. The molecule has 0 spiro atoms. The van der Waals surface area contributed by atoms with Gasteiger partial charge in [-0.05, 0) is 43.4 Å². The van der Waals surface area contributed by atoms with Gasteiger partial charge in [0.1, 0.15) is 6.04 Å². The Balaban J connectivity index is 1.38. The molecule has 6 nitrogen and oxygen atoms in total. The molecule has 2 fully saturated rings. The van der Waals surface area contributed by atoms with Gasteiger partial charge >= 0.3 is 0 Å². The number of benzene rings is 2. The van der Waals surface area contributed by atoms with Gasteiger partial charge in [-0.1, -0.05) is 54.1 Å². The zero-order valence-corrected chi connectivity index (χ0v) is 18.1. The van der Waals surface area contributed by atoms with Gasteiger partial charge in [-0.25, -0.2) is 0 Å². The van der Waals surface area contributed by atoms with Crippen molar-refractivity contribution in [2.75, 3.05) is 5.32 Å². The number of hydrogen-bond acceptors (Lipinski definition) is 4. The summed E-state index contributed by atoms with van der Waals surface area (Å²) in [5.74, 6) is -1.96. The van der Waals surface area contributed by atoms with E-state index in [4.69, 9.17) is 11.6 Å². The number of imide groups is 1. The van der Waals surface area contributed by atoms with E-state index in [1.165, 1.54) is 13.0 Å². The van der Waals surface area contributed by atoms with Crippen molar-refractivity contribution in [3.05, 3.63) is 76.8 Å². The van der Waals surface area contributed by atoms with Crippen LogP contribution in [0.4, 0.5) is 5.69 Å². The number of nitrogens with one attached hydrogen (secondary N) is 1. The number of amides is 3. The van der Waals surface area contributed by atoms with Gasteiger partial charge in [-0.3, -0.25) is 24.1 Å². The van der Waals surface area contributed by atoms with Crippen molar-refractivity contribution in [1.29, 1.82) is 0 Å². The Kier molecular flexibility index (Phi) is 4.97. The van der Waals surface area contributed by atoms with E-state index >= 15 is 0 Å². The standard InChI is InChI=1S/C25H21ClN2O4/c1-13(28-24(31)20-15-7-8-16(11-15)21(20)25(28)32)23(30)27-19-10-9-17(26)12-18(19)22(29)14-5-3-2-4-6-14/h2-10,12-13,15-16,20-21H,11H2,1H3,(H,27,30)/t13-,15+,16+,20-,21+/m1/s1. The molecule has 7 heteroatoms. The number of ketones is 1. The first kappa shape index (κ1) is 20.6. The van der Waals surface area contributed by atoms with Gasteiger partial charge in [0.15, 0.2) is 5.78 Å². The highest BCUT2D eigenvalue weighted by Gasteiger charge is 2.60. The Morgan fingerprint density at radius 1 is 1.00 bits per heavy atom. The first-order chi connectivity index (χ1) is 15.4. The fraction of sp³-hybridized carbons (Fsp3) is 0.280. The Hall–Kier alpha value is -3.25. The molecule has 0 unspecified atom stereocenters. The highest BCUT2D eigenvalue weighted by Crippen LogP contribution is 2.52. The third-order valence-electron chi connectivity index (χ3n) is 6.79. The molecule has 0 radical (unpaired) electrons. The summed E-state index contributed by atoms with van der Waals surface area (Å²) >= 11 is 6.11. The number of allylic oxidation sites excluding steroid dienone is 2. The van der Waals surface area contributed by atoms with Crippen LogP contribution in [0.5, 0.6) is 0 Å². The summed E-state index contributed by atoms with van der Waals surface area (Å²) in [4.78, 5) is 53.2. The molecule has 2 aliphatic carbocycles. The molecular weight excluding hydrogens is 428 g/mol. The fourth-order valence-electron chi connectivity index (χ4n) is 5.22. The van der Waals surface area contributed by atoms with Crippen LogP contribution in [0.2, 0.25) is 5.02 Å². The monoisotopic (exact) mass is 448 g/mol. The molecule has 0 aromatic heterocycles. The lowest BCUT2D eigenvalue weighted by Gasteiger charge is -2.24. The van der Waals surface area contributed by atoms with E-state index in [2.05, 4.69) is 5.32 Å². The molecule has 2 bridgehead atoms. The molecular formula is C25H21ClN2O4. The van der Waals surface area contributed by atoms with Crippen LogP contribution in [0.3, 0.4) is 0 Å². The van der Waals surface area contributed by atoms with Gasteiger partial charge in [-0.2, -0.15) is 0 Å². The third kappa shape index (κ3) is 3.17. The molecule has 5 atom stereocenters. The van der Waals surface area contributed by atoms with E-state index in [9.17, 15) is 19.2 Å². The quantitative estimate of drug-likeness (QED) is 0.429. The van der Waals surface area contributed by atoms with E-state index in [1.807, 2.05) is 12.2 Å². The highest BCUT2D eigenvalue weighted by atomic mass is 35.5. The summed E-state index contributed by atoms with van der Waals surface area (Å²) in [6, 6.07) is 12.3. The van der Waals surface area contributed by atoms with Crippen molar-refractivity contribution >= 4 is 40.8 Å². The lowest BCUT2D eigenvalue weighted by Crippen LogP contribution is -2.46. The maximum atomic E-state index is 13.1. The lowest BCUT2D eigenvalue weighted by atomic mass is 9.85. The van der Waals surface area contributed by atoms with Crippen molar-refractivity contribution in [2.24, 2.45) is 23.7 Å². The third-order valence-corrected chi connectivity index (χ3v) is 7.03. The van der Waals surface area contributed by atoms with Gasteiger partial charge in [0.05, 0.1) is 17.5 Å². The molecule has 1 aliphatic heterocycles. The molecule has 1 heterocycles. The summed E-state index contributed by atoms with van der Waals surface area (Å²) < 4.78 is 0. The molecule has 3 aliphatic rings. The topological polar surface area (TPSA) is 83.6 Å². The van der Waals surface area contributed by atoms with E-state index in [1.54, 1.807) is 42.5 Å². The summed E-state index contributed by atoms with van der Waals surface area (Å²) in [7, 11) is 0. The van der Waals surface area contributed by atoms with Crippen LogP contribution in [0.15, 0.2) is 60.7 Å². The second-order valence-electron chi connectivity index (χ2n) is 8.60. The number of rotatable bonds is 5. The second-order valence-corrected chi connectivity index (χ2v) is 9.03. The smallest absolute Gasteiger partial charge is 0.247 e. The Morgan fingerprint density at radius 3 is 2.25 bits per heavy atom. The van der Waals surface area contributed by atoms with E-state index < -0.39 is 11.9 Å². The number of nitrogens with zero attached hydrogens (tertiary/aromatic N) is 1. The normalized spacial score (nSPS) is 26.4. The molecule has 1 saturated heterocycles. The maximum absolute atomic E-state index is 13.1. The predicted octanol–water partition coefficient (Wildman–Crippen LogP) is 3.71. The van der Waals surface area contributed by atoms with Gasteiger partial charge < -0.3 is 5.32 Å². The number of likely N-dealkylation sites (tertiary alicyclic amines) is 1. The van der Waals surface area contributed by atoms with Crippen LogP contribution in [-0.4, -0.2) is 34.4 Å². The molecule has 1 saturated carbocycles. The Labute approximate surface area is 190 Å². The van der Waals surface area contributed by atoms with Crippen molar-refractivity contribution in [3.8, 4) is 0 Å². The summed E-state index contributed by atoms with van der Waals surface area (Å²) in [6.45, 7) is 1.54. The summed E-state index contributed by atoms with van der Waals surface area (Å²) in [5.41, 5.74) is 0.975. The molecule has 162 valence electrons. The van der Waals surface area contributed by atoms with Crippen LogP contribution in [0.1, 0.15) is 29.3 Å². The van der Waals surface area contributed by atoms with E-state index in [0.29, 0.717) is 10.6 Å². The minimum Gasteiger partial charge on any atom is -0.324 e. The van der Waals surface area contributed by atoms with Crippen LogP contribution in [0.25, 0.3) is 0 Å². The fourth-order valence-corrected chi connectivity index (χ4v) is 5.39. The number of carbonyl (C=O) groups excluding carboxylic acids is 4. The number of fused-ring (bicyclic) bond motifs is 5. The van der Waals surface area contributed by atoms with Gasteiger partial charge in [0.2, 0.25) is 17.7 Å². The maximum Gasteiger partial charge on any atom is 0.247 e. The molecule has 2 aromatic carbocycles. The van der Waals surface area contributed by atoms with Crippen LogP contribution < -0.4 is 5.32 Å². The van der Waals surface area contributed by atoms with E-state index in [-0.39, 0.29) is 52.5 Å². The van der Waals surface area contributed by atoms with Crippen LogP contribution >= 0.6 is 11.6 Å². The zero-order chi connectivity index (χ0) is 22.6. The van der Waals surface area contributed by atoms with Crippen molar-refractivity contribution in [3.63, 3.8) is 0 Å². The van der Waals surface area contributed by atoms with Crippen molar-refractivity contribution in [2.45, 2.75) is 19.4 Å². The predicted molar refractivity (Wildman–Crippen MR) is 119 cm³/mol. The average molecular weight is 449 g/mol. The largest absolute Gasteiger partial charge is 0.324 e. The summed E-state index contributed by atoms with van der Waals surface area (Å²) in [6.07, 6.45) is 4.86. The number of halogens is 1. The molecule has 32 heavy (non-hydrogen) atoms. The van der Waals surface area contributed by atoms with Gasteiger partial charge in [0.25, 0.3) is 0 Å². The molecule has 5 rings (SSSR count). The second kappa shape index (κ2) is 7.71. The lowest BCUT2D eigenvalue weighted by molar-refractivity contribution is -0.146. The molecule has 2 aromatic rings. The van der Waals surface area contributed by atoms with Crippen LogP contribution in [-0.2, 0) is 14.4 Å².